The van der Waals surface area contributed by atoms with Gasteiger partial charge in [0.1, 0.15) is 5.75 Å². The van der Waals surface area contributed by atoms with Gasteiger partial charge in [-0.1, -0.05) is 0 Å². The number of phenolic OH excluding ortho intramolecular Hbond substituents is 1. The number of carbonyl (C=O) groups excluding carboxylic acids is 2. The highest BCUT2D eigenvalue weighted by atomic mass is 16.3. The van der Waals surface area contributed by atoms with E-state index in [2.05, 4.69) is 5.32 Å². The van der Waals surface area contributed by atoms with Gasteiger partial charge in [-0.2, -0.15) is 0 Å². The van der Waals surface area contributed by atoms with Crippen molar-refractivity contribution in [2.24, 2.45) is 0 Å². The van der Waals surface area contributed by atoms with Crippen molar-refractivity contribution in [3.05, 3.63) is 24.3 Å². The summed E-state index contributed by atoms with van der Waals surface area (Å²) >= 11 is 0. The maximum Gasteiger partial charge on any atom is 0.316 e. The molecular weight excluding hydrogens is 260 g/mol. The van der Waals surface area contributed by atoms with E-state index in [9.17, 15) is 14.7 Å². The Balaban J connectivity index is 2.43. The first kappa shape index (κ1) is 16.0. The molecule has 0 heterocycles. The Morgan fingerprint density at radius 1 is 1.15 bits per heavy atom. The Bertz CT molecular complexity index is 445. The predicted octanol–water partition coefficient (Wildman–Crippen LogP) is 0.634. The van der Waals surface area contributed by atoms with Crippen LogP contribution in [0.4, 0.5) is 5.69 Å². The average Bonchev–Trinajstić information content (AvgIpc) is 2.46. The van der Waals surface area contributed by atoms with Crippen LogP contribution in [0.3, 0.4) is 0 Å². The second kappa shape index (κ2) is 8.16. The molecule has 0 aliphatic carbocycles. The van der Waals surface area contributed by atoms with Crippen LogP contribution in [0, 0.1) is 0 Å². The molecule has 0 aliphatic rings. The number of phenols is 1. The fourth-order valence-electron chi connectivity index (χ4n) is 1.64. The number of amides is 2. The molecule has 0 atom stereocenters. The summed E-state index contributed by atoms with van der Waals surface area (Å²) in [7, 11) is 1.50. The summed E-state index contributed by atoms with van der Waals surface area (Å²) in [5, 5.41) is 20.3. The number of likely N-dealkylation sites (N-methyl/N-ethyl adjacent to an activating group) is 1. The van der Waals surface area contributed by atoms with E-state index < -0.39 is 11.8 Å². The first-order valence-corrected chi connectivity index (χ1v) is 6.52. The van der Waals surface area contributed by atoms with Crippen LogP contribution in [0.1, 0.15) is 19.3 Å². The van der Waals surface area contributed by atoms with Gasteiger partial charge in [0.25, 0.3) is 0 Å². The van der Waals surface area contributed by atoms with Crippen molar-refractivity contribution < 1.29 is 19.8 Å². The van der Waals surface area contributed by atoms with Crippen LogP contribution in [-0.4, -0.2) is 42.2 Å². The summed E-state index contributed by atoms with van der Waals surface area (Å²) in [6.07, 6.45) is 2.22. The molecule has 1 rings (SSSR count). The van der Waals surface area contributed by atoms with Crippen molar-refractivity contribution in [3.8, 4) is 5.75 Å². The summed E-state index contributed by atoms with van der Waals surface area (Å²) in [5.41, 5.74) is 0.531. The van der Waals surface area contributed by atoms with Gasteiger partial charge in [0, 0.05) is 25.9 Å². The second-order valence-corrected chi connectivity index (χ2v) is 4.42. The zero-order chi connectivity index (χ0) is 15.0. The Morgan fingerprint density at radius 2 is 1.80 bits per heavy atom. The molecule has 0 aromatic heterocycles. The topological polar surface area (TPSA) is 89.9 Å². The quantitative estimate of drug-likeness (QED) is 0.527. The van der Waals surface area contributed by atoms with E-state index in [0.29, 0.717) is 18.7 Å². The van der Waals surface area contributed by atoms with Crippen LogP contribution >= 0.6 is 0 Å². The lowest BCUT2D eigenvalue weighted by atomic mass is 10.2. The third kappa shape index (κ3) is 4.89. The minimum Gasteiger partial charge on any atom is -0.508 e. The first-order valence-electron chi connectivity index (χ1n) is 6.52. The fraction of sp³-hybridized carbons (Fsp3) is 0.429. The SMILES string of the molecule is CN(C(=O)C(=O)NCCCCCO)c1ccc(O)cc1. The highest BCUT2D eigenvalue weighted by Crippen LogP contribution is 2.17. The van der Waals surface area contributed by atoms with Crippen molar-refractivity contribution >= 4 is 17.5 Å². The zero-order valence-electron chi connectivity index (χ0n) is 11.5. The number of anilines is 1. The number of rotatable bonds is 6. The molecule has 0 radical (unpaired) electrons. The fourth-order valence-corrected chi connectivity index (χ4v) is 1.64. The molecule has 2 amide bonds. The van der Waals surface area contributed by atoms with E-state index in [4.69, 9.17) is 5.11 Å². The number of aliphatic hydroxyl groups is 1. The monoisotopic (exact) mass is 280 g/mol. The molecule has 1 aromatic rings. The van der Waals surface area contributed by atoms with Gasteiger partial charge in [-0.25, -0.2) is 0 Å². The summed E-state index contributed by atoms with van der Waals surface area (Å²) < 4.78 is 0. The van der Waals surface area contributed by atoms with Gasteiger partial charge in [-0.15, -0.1) is 0 Å². The lowest BCUT2D eigenvalue weighted by Gasteiger charge is -2.16. The van der Waals surface area contributed by atoms with Crippen LogP contribution in [0.5, 0.6) is 5.75 Å². The van der Waals surface area contributed by atoms with Crippen LogP contribution in [0.2, 0.25) is 0 Å². The Kier molecular flexibility index (Phi) is 6.52. The zero-order valence-corrected chi connectivity index (χ0v) is 11.5. The lowest BCUT2D eigenvalue weighted by Crippen LogP contribution is -2.41. The van der Waals surface area contributed by atoms with E-state index >= 15 is 0 Å². The number of hydrogen-bond donors (Lipinski definition) is 3. The van der Waals surface area contributed by atoms with E-state index in [1.54, 1.807) is 12.1 Å². The predicted molar refractivity (Wildman–Crippen MR) is 75.5 cm³/mol. The molecule has 0 saturated heterocycles. The van der Waals surface area contributed by atoms with Crippen molar-refractivity contribution in [1.29, 1.82) is 0 Å². The molecule has 110 valence electrons. The van der Waals surface area contributed by atoms with Crippen molar-refractivity contribution in [1.82, 2.24) is 5.32 Å². The molecule has 20 heavy (non-hydrogen) atoms. The standard InChI is InChI=1S/C14H20N2O4/c1-16(11-5-7-12(18)8-6-11)14(20)13(19)15-9-3-2-4-10-17/h5-8,17-18H,2-4,9-10H2,1H3,(H,15,19). The Hall–Kier alpha value is -2.08. The molecule has 3 N–H and O–H groups in total. The highest BCUT2D eigenvalue weighted by molar-refractivity contribution is 6.40. The van der Waals surface area contributed by atoms with E-state index in [1.165, 1.54) is 24.1 Å². The van der Waals surface area contributed by atoms with Crippen molar-refractivity contribution in [2.75, 3.05) is 25.1 Å². The molecule has 6 nitrogen and oxygen atoms in total. The lowest BCUT2D eigenvalue weighted by molar-refractivity contribution is -0.137. The van der Waals surface area contributed by atoms with E-state index in [0.717, 1.165) is 12.8 Å². The van der Waals surface area contributed by atoms with Gasteiger partial charge in [0.05, 0.1) is 0 Å². The van der Waals surface area contributed by atoms with Gasteiger partial charge in [-0.3, -0.25) is 9.59 Å². The van der Waals surface area contributed by atoms with Gasteiger partial charge in [0.2, 0.25) is 0 Å². The Labute approximate surface area is 118 Å². The van der Waals surface area contributed by atoms with Crippen LogP contribution in [0.25, 0.3) is 0 Å². The summed E-state index contributed by atoms with van der Waals surface area (Å²) in [6, 6.07) is 6.02. The average molecular weight is 280 g/mol. The van der Waals surface area contributed by atoms with Gasteiger partial charge in [-0.05, 0) is 43.5 Å². The molecule has 1 aromatic carbocycles. The number of nitrogens with one attached hydrogen (secondary N) is 1. The maximum absolute atomic E-state index is 11.9. The summed E-state index contributed by atoms with van der Waals surface area (Å²) in [4.78, 5) is 24.7. The third-order valence-corrected chi connectivity index (χ3v) is 2.86. The normalized spacial score (nSPS) is 10.1. The molecule has 6 heteroatoms. The van der Waals surface area contributed by atoms with Crippen molar-refractivity contribution in [3.63, 3.8) is 0 Å². The Morgan fingerprint density at radius 3 is 2.40 bits per heavy atom. The van der Waals surface area contributed by atoms with E-state index in [-0.39, 0.29) is 12.4 Å². The molecular formula is C14H20N2O4. The number of aromatic hydroxyl groups is 1. The number of aliphatic hydroxyl groups excluding tert-OH is 1. The highest BCUT2D eigenvalue weighted by Gasteiger charge is 2.19. The molecule has 0 unspecified atom stereocenters. The molecule has 0 fully saturated rings. The number of hydrogen-bond acceptors (Lipinski definition) is 4. The van der Waals surface area contributed by atoms with Gasteiger partial charge in [0.15, 0.2) is 0 Å². The minimum atomic E-state index is -0.662. The number of benzene rings is 1. The van der Waals surface area contributed by atoms with Gasteiger partial charge >= 0.3 is 11.8 Å². The third-order valence-electron chi connectivity index (χ3n) is 2.86. The minimum absolute atomic E-state index is 0.0999. The molecule has 0 bridgehead atoms. The summed E-state index contributed by atoms with van der Waals surface area (Å²) in [5.74, 6) is -1.22. The molecule has 0 aliphatic heterocycles. The van der Waals surface area contributed by atoms with Crippen LogP contribution in [-0.2, 0) is 9.59 Å². The molecule has 0 spiro atoms. The molecule has 0 saturated carbocycles. The van der Waals surface area contributed by atoms with Crippen molar-refractivity contribution in [2.45, 2.75) is 19.3 Å². The smallest absolute Gasteiger partial charge is 0.316 e. The van der Waals surface area contributed by atoms with Gasteiger partial charge < -0.3 is 20.4 Å². The van der Waals surface area contributed by atoms with Crippen LogP contribution in [0.15, 0.2) is 24.3 Å². The summed E-state index contributed by atoms with van der Waals surface area (Å²) in [6.45, 7) is 0.546. The van der Waals surface area contributed by atoms with E-state index in [1.807, 2.05) is 0 Å². The second-order valence-electron chi connectivity index (χ2n) is 4.42. The maximum atomic E-state index is 11.9. The van der Waals surface area contributed by atoms with Crippen LogP contribution < -0.4 is 10.2 Å². The largest absolute Gasteiger partial charge is 0.508 e. The number of carbonyl (C=O) groups is 2. The number of unbranched alkanes of at least 4 members (excludes halogenated alkanes) is 2. The first-order chi connectivity index (χ1) is 9.56. The number of nitrogens with zero attached hydrogens (tertiary/aromatic N) is 1.